The van der Waals surface area contributed by atoms with Crippen molar-refractivity contribution in [2.75, 3.05) is 19.8 Å². The van der Waals surface area contributed by atoms with Crippen molar-refractivity contribution in [3.63, 3.8) is 0 Å². The molecular formula is C18H28O5. The Bertz CT molecular complexity index is 407. The second kappa shape index (κ2) is 8.27. The Kier molecular flexibility index (Phi) is 6.08. The largest absolute Gasteiger partial charge is 0.478 e. The molecule has 0 saturated carbocycles. The van der Waals surface area contributed by atoms with E-state index in [-0.39, 0.29) is 18.3 Å². The zero-order valence-corrected chi connectivity index (χ0v) is 13.8. The first-order valence-electron chi connectivity index (χ1n) is 9.01. The summed E-state index contributed by atoms with van der Waals surface area (Å²) in [6, 6.07) is 0. The highest BCUT2D eigenvalue weighted by Gasteiger charge is 2.28. The van der Waals surface area contributed by atoms with Gasteiger partial charge in [0, 0.05) is 31.8 Å². The van der Waals surface area contributed by atoms with E-state index in [1.165, 1.54) is 0 Å². The molecule has 0 aromatic heterocycles. The normalized spacial score (nSPS) is 30.7. The van der Waals surface area contributed by atoms with E-state index in [2.05, 4.69) is 0 Å². The number of carbonyl (C=O) groups is 1. The lowest BCUT2D eigenvalue weighted by Crippen LogP contribution is -2.19. The molecule has 0 bridgehead atoms. The molecule has 3 saturated heterocycles. The SMILES string of the molecule is O=C(O)C(CC1CCCO1)=C(CC1CCCO1)CC1CCCO1. The van der Waals surface area contributed by atoms with Crippen LogP contribution in [0.4, 0.5) is 0 Å². The van der Waals surface area contributed by atoms with Crippen molar-refractivity contribution in [2.45, 2.75) is 76.1 Å². The fourth-order valence-corrected chi connectivity index (χ4v) is 3.91. The Labute approximate surface area is 138 Å². The molecule has 3 aliphatic rings. The van der Waals surface area contributed by atoms with Gasteiger partial charge in [0.2, 0.25) is 0 Å². The topological polar surface area (TPSA) is 65.0 Å². The highest BCUT2D eigenvalue weighted by Crippen LogP contribution is 2.31. The van der Waals surface area contributed by atoms with Crippen LogP contribution in [0.5, 0.6) is 0 Å². The minimum atomic E-state index is -0.800. The maximum atomic E-state index is 11.9. The van der Waals surface area contributed by atoms with Crippen LogP contribution in [0.2, 0.25) is 0 Å². The van der Waals surface area contributed by atoms with Crippen LogP contribution in [0.15, 0.2) is 11.1 Å². The maximum absolute atomic E-state index is 11.9. The Morgan fingerprint density at radius 2 is 1.22 bits per heavy atom. The summed E-state index contributed by atoms with van der Waals surface area (Å²) in [6.45, 7) is 2.35. The summed E-state index contributed by atoms with van der Waals surface area (Å²) in [5.74, 6) is -0.800. The summed E-state index contributed by atoms with van der Waals surface area (Å²) in [7, 11) is 0. The molecule has 3 aliphatic heterocycles. The fraction of sp³-hybridized carbons (Fsp3) is 0.833. The smallest absolute Gasteiger partial charge is 0.331 e. The zero-order chi connectivity index (χ0) is 16.1. The summed E-state index contributed by atoms with van der Waals surface area (Å²) >= 11 is 0. The average molecular weight is 324 g/mol. The van der Waals surface area contributed by atoms with E-state index in [4.69, 9.17) is 14.2 Å². The lowest BCUT2D eigenvalue weighted by atomic mass is 9.91. The Morgan fingerprint density at radius 1 is 0.783 bits per heavy atom. The first kappa shape index (κ1) is 16.9. The first-order chi connectivity index (χ1) is 11.2. The van der Waals surface area contributed by atoms with Gasteiger partial charge in [-0.25, -0.2) is 4.79 Å². The molecule has 0 amide bonds. The summed E-state index contributed by atoms with van der Waals surface area (Å²) in [4.78, 5) is 11.9. The van der Waals surface area contributed by atoms with Crippen LogP contribution < -0.4 is 0 Å². The van der Waals surface area contributed by atoms with E-state index in [1.807, 2.05) is 0 Å². The average Bonchev–Trinajstić information content (AvgIpc) is 3.27. The van der Waals surface area contributed by atoms with Gasteiger partial charge in [0.1, 0.15) is 0 Å². The molecule has 3 rings (SSSR count). The van der Waals surface area contributed by atoms with Crippen molar-refractivity contribution < 1.29 is 24.1 Å². The fourth-order valence-electron chi connectivity index (χ4n) is 3.91. The van der Waals surface area contributed by atoms with Crippen LogP contribution in [0, 0.1) is 0 Å². The molecule has 3 unspecified atom stereocenters. The number of hydrogen-bond donors (Lipinski definition) is 1. The van der Waals surface area contributed by atoms with Gasteiger partial charge >= 0.3 is 5.97 Å². The minimum absolute atomic E-state index is 0.0603. The Morgan fingerprint density at radius 3 is 1.57 bits per heavy atom. The molecule has 1 N–H and O–H groups in total. The maximum Gasteiger partial charge on any atom is 0.331 e. The third-order valence-electron chi connectivity index (χ3n) is 5.14. The Hall–Kier alpha value is -0.910. The third-order valence-corrected chi connectivity index (χ3v) is 5.14. The number of aliphatic carboxylic acids is 1. The van der Waals surface area contributed by atoms with Gasteiger partial charge in [-0.2, -0.15) is 0 Å². The summed E-state index contributed by atoms with van der Waals surface area (Å²) in [5.41, 5.74) is 1.56. The van der Waals surface area contributed by atoms with Gasteiger partial charge in [-0.15, -0.1) is 0 Å². The van der Waals surface area contributed by atoms with Gasteiger partial charge < -0.3 is 19.3 Å². The van der Waals surface area contributed by atoms with Crippen LogP contribution in [-0.2, 0) is 19.0 Å². The van der Waals surface area contributed by atoms with E-state index in [9.17, 15) is 9.90 Å². The monoisotopic (exact) mass is 324 g/mol. The molecule has 3 fully saturated rings. The molecule has 0 aromatic rings. The van der Waals surface area contributed by atoms with E-state index >= 15 is 0 Å². The molecule has 5 heteroatoms. The highest BCUT2D eigenvalue weighted by atomic mass is 16.5. The molecular weight excluding hydrogens is 296 g/mol. The second-order valence-corrected chi connectivity index (χ2v) is 6.90. The zero-order valence-electron chi connectivity index (χ0n) is 13.8. The molecule has 0 radical (unpaired) electrons. The van der Waals surface area contributed by atoms with Gasteiger partial charge in [-0.05, 0) is 51.4 Å². The molecule has 0 aliphatic carbocycles. The van der Waals surface area contributed by atoms with Gasteiger partial charge in [0.05, 0.1) is 18.3 Å². The van der Waals surface area contributed by atoms with Crippen LogP contribution in [0.3, 0.4) is 0 Å². The van der Waals surface area contributed by atoms with E-state index in [0.717, 1.165) is 76.8 Å². The van der Waals surface area contributed by atoms with E-state index < -0.39 is 5.97 Å². The molecule has 0 aromatic carbocycles. The summed E-state index contributed by atoms with van der Waals surface area (Å²) in [6.07, 6.45) is 8.59. The lowest BCUT2D eigenvalue weighted by Gasteiger charge is -2.20. The van der Waals surface area contributed by atoms with Crippen molar-refractivity contribution in [3.05, 3.63) is 11.1 Å². The molecule has 5 nitrogen and oxygen atoms in total. The van der Waals surface area contributed by atoms with Gasteiger partial charge in [0.25, 0.3) is 0 Å². The number of hydrogen-bond acceptors (Lipinski definition) is 4. The molecule has 3 heterocycles. The minimum Gasteiger partial charge on any atom is -0.478 e. The van der Waals surface area contributed by atoms with Crippen LogP contribution in [-0.4, -0.2) is 49.2 Å². The van der Waals surface area contributed by atoms with Crippen LogP contribution in [0.25, 0.3) is 0 Å². The lowest BCUT2D eigenvalue weighted by molar-refractivity contribution is -0.133. The van der Waals surface area contributed by atoms with Crippen molar-refractivity contribution in [2.24, 2.45) is 0 Å². The molecule has 3 atom stereocenters. The summed E-state index contributed by atoms with van der Waals surface area (Å²) in [5, 5.41) is 9.76. The van der Waals surface area contributed by atoms with Gasteiger partial charge in [-0.3, -0.25) is 0 Å². The van der Waals surface area contributed by atoms with Crippen LogP contribution in [0.1, 0.15) is 57.8 Å². The van der Waals surface area contributed by atoms with Crippen molar-refractivity contribution >= 4 is 5.97 Å². The first-order valence-corrected chi connectivity index (χ1v) is 9.01. The van der Waals surface area contributed by atoms with Crippen LogP contribution >= 0.6 is 0 Å². The predicted molar refractivity (Wildman–Crippen MR) is 85.4 cm³/mol. The van der Waals surface area contributed by atoms with E-state index in [0.29, 0.717) is 12.0 Å². The van der Waals surface area contributed by atoms with Gasteiger partial charge in [-0.1, -0.05) is 5.57 Å². The van der Waals surface area contributed by atoms with E-state index in [1.54, 1.807) is 0 Å². The number of ether oxygens (including phenoxy) is 3. The standard InChI is InChI=1S/C18H28O5/c19-18(20)17(12-16-6-3-9-23-16)13(10-14-4-1-7-21-14)11-15-5-2-8-22-15/h14-16H,1-12H2,(H,19,20). The second-order valence-electron chi connectivity index (χ2n) is 6.90. The highest BCUT2D eigenvalue weighted by molar-refractivity contribution is 5.87. The van der Waals surface area contributed by atoms with Gasteiger partial charge in [0.15, 0.2) is 0 Å². The molecule has 23 heavy (non-hydrogen) atoms. The Balaban J connectivity index is 1.75. The summed E-state index contributed by atoms with van der Waals surface area (Å²) < 4.78 is 17.2. The number of rotatable bonds is 7. The number of carboxylic acid groups (broad SMARTS) is 1. The number of carboxylic acids is 1. The van der Waals surface area contributed by atoms with Crippen molar-refractivity contribution in [3.8, 4) is 0 Å². The predicted octanol–water partition coefficient (Wildman–Crippen LogP) is 3.07. The molecule has 0 spiro atoms. The van der Waals surface area contributed by atoms with Crippen molar-refractivity contribution in [1.29, 1.82) is 0 Å². The quantitative estimate of drug-likeness (QED) is 0.729. The molecule has 130 valence electrons. The third kappa shape index (κ3) is 4.78. The van der Waals surface area contributed by atoms with Crippen molar-refractivity contribution in [1.82, 2.24) is 0 Å².